The predicted octanol–water partition coefficient (Wildman–Crippen LogP) is 2.27. The minimum absolute atomic E-state index is 0.0132. The summed E-state index contributed by atoms with van der Waals surface area (Å²) in [7, 11) is 0. The second kappa shape index (κ2) is 5.90. The molecule has 0 saturated carbocycles. The van der Waals surface area contributed by atoms with Gasteiger partial charge in [-0.05, 0) is 12.1 Å². The molecule has 3 rings (SSSR count). The number of carbonyl (C=O) groups is 1. The zero-order valence-corrected chi connectivity index (χ0v) is 12.5. The molecule has 1 aliphatic heterocycles. The Bertz CT molecular complexity index is 722. The summed E-state index contributed by atoms with van der Waals surface area (Å²) < 4.78 is 43.4. The van der Waals surface area contributed by atoms with Gasteiger partial charge in [0.2, 0.25) is 0 Å². The molecule has 24 heavy (non-hydrogen) atoms. The summed E-state index contributed by atoms with van der Waals surface area (Å²) in [5.74, 6) is -0.159. The maximum Gasteiger partial charge on any atom is 0.417 e. The topological polar surface area (TPSA) is 79.5 Å². The molecule has 1 saturated heterocycles. The Labute approximate surface area is 134 Å². The van der Waals surface area contributed by atoms with Gasteiger partial charge in [-0.2, -0.15) is 13.2 Å². The lowest BCUT2D eigenvalue weighted by atomic mass is 9.90. The summed E-state index contributed by atoms with van der Waals surface area (Å²) in [6, 6.07) is 4.79. The number of alkyl halides is 3. The zero-order valence-electron chi connectivity index (χ0n) is 12.5. The first kappa shape index (κ1) is 16.4. The van der Waals surface area contributed by atoms with Crippen molar-refractivity contribution in [1.82, 2.24) is 15.0 Å². The number of pyridine rings is 1. The van der Waals surface area contributed by atoms with Gasteiger partial charge in [0.1, 0.15) is 0 Å². The largest absolute Gasteiger partial charge is 0.417 e. The highest BCUT2D eigenvalue weighted by atomic mass is 19.4. The van der Waals surface area contributed by atoms with Gasteiger partial charge in [-0.15, -0.1) is 0 Å². The van der Waals surface area contributed by atoms with Crippen LogP contribution in [0.4, 0.5) is 13.2 Å². The van der Waals surface area contributed by atoms with Crippen LogP contribution in [0.25, 0.3) is 11.3 Å². The molecule has 3 heterocycles. The van der Waals surface area contributed by atoms with E-state index in [-0.39, 0.29) is 18.8 Å². The van der Waals surface area contributed by atoms with Crippen LogP contribution in [0.2, 0.25) is 0 Å². The molecule has 0 bridgehead atoms. The summed E-state index contributed by atoms with van der Waals surface area (Å²) in [6.45, 7) is -0.404. The Morgan fingerprint density at radius 1 is 1.25 bits per heavy atom. The lowest BCUT2D eigenvalue weighted by Crippen LogP contribution is -2.54. The highest BCUT2D eigenvalue weighted by Gasteiger charge is 2.55. The molecule has 0 spiro atoms. The lowest BCUT2D eigenvalue weighted by molar-refractivity contribution is -0.271. The van der Waals surface area contributed by atoms with Gasteiger partial charge < -0.3 is 14.5 Å². The fourth-order valence-electron chi connectivity index (χ4n) is 2.55. The van der Waals surface area contributed by atoms with Crippen molar-refractivity contribution in [2.45, 2.75) is 24.6 Å². The molecule has 0 unspecified atom stereocenters. The number of halogens is 3. The van der Waals surface area contributed by atoms with Gasteiger partial charge in [-0.25, -0.2) is 0 Å². The van der Waals surface area contributed by atoms with Gasteiger partial charge in [-0.1, -0.05) is 5.16 Å². The lowest BCUT2D eigenvalue weighted by Gasteiger charge is -2.38. The molecule has 2 aromatic heterocycles. The smallest absolute Gasteiger partial charge is 0.380 e. The minimum atomic E-state index is -4.70. The van der Waals surface area contributed by atoms with Crippen LogP contribution in [-0.2, 0) is 0 Å². The van der Waals surface area contributed by atoms with Gasteiger partial charge in [0.25, 0.3) is 5.91 Å². The van der Waals surface area contributed by atoms with Gasteiger partial charge in [0.05, 0.1) is 0 Å². The fourth-order valence-corrected chi connectivity index (χ4v) is 2.55. The van der Waals surface area contributed by atoms with E-state index in [0.29, 0.717) is 11.3 Å². The molecule has 1 aliphatic rings. The Morgan fingerprint density at radius 2 is 1.88 bits per heavy atom. The van der Waals surface area contributed by atoms with E-state index in [4.69, 9.17) is 4.52 Å². The average Bonchev–Trinajstić information content (AvgIpc) is 3.05. The molecule has 0 radical (unpaired) electrons. The number of aromatic nitrogens is 2. The third-order valence-corrected chi connectivity index (χ3v) is 4.10. The first-order valence-electron chi connectivity index (χ1n) is 7.26. The van der Waals surface area contributed by atoms with E-state index in [1.54, 1.807) is 24.5 Å². The summed E-state index contributed by atoms with van der Waals surface area (Å²) in [5, 5.41) is 13.3. The van der Waals surface area contributed by atoms with Crippen molar-refractivity contribution in [3.8, 4) is 11.3 Å². The number of nitrogens with zero attached hydrogens (tertiary/aromatic N) is 3. The molecule has 128 valence electrons. The molecule has 0 atom stereocenters. The molecule has 1 fully saturated rings. The standard InChI is InChI=1S/C15H14F3N3O3/c16-15(17,18)14(23)3-7-21(8-4-14)13(22)11-9-12(24-20-11)10-1-5-19-6-2-10/h1-2,5-6,9,23H,3-4,7-8H2. The van der Waals surface area contributed by atoms with Crippen molar-refractivity contribution in [3.63, 3.8) is 0 Å². The summed E-state index contributed by atoms with van der Waals surface area (Å²) in [6.07, 6.45) is -2.71. The van der Waals surface area contributed by atoms with E-state index in [0.717, 1.165) is 0 Å². The minimum Gasteiger partial charge on any atom is -0.380 e. The summed E-state index contributed by atoms with van der Waals surface area (Å²) in [5.41, 5.74) is -2.04. The molecule has 0 aromatic carbocycles. The predicted molar refractivity (Wildman–Crippen MR) is 75.9 cm³/mol. The van der Waals surface area contributed by atoms with Crippen LogP contribution < -0.4 is 0 Å². The second-order valence-corrected chi connectivity index (χ2v) is 5.63. The van der Waals surface area contributed by atoms with Crippen molar-refractivity contribution in [1.29, 1.82) is 0 Å². The van der Waals surface area contributed by atoms with Gasteiger partial charge >= 0.3 is 6.18 Å². The van der Waals surface area contributed by atoms with Crippen molar-refractivity contribution < 1.29 is 27.6 Å². The maximum atomic E-state index is 12.8. The van der Waals surface area contributed by atoms with Gasteiger partial charge in [0.15, 0.2) is 17.1 Å². The SMILES string of the molecule is O=C(c1cc(-c2ccncc2)on1)N1CCC(O)(C(F)(F)F)CC1. The number of hydrogen-bond donors (Lipinski definition) is 1. The van der Waals surface area contributed by atoms with Crippen LogP contribution in [0.3, 0.4) is 0 Å². The Morgan fingerprint density at radius 3 is 2.46 bits per heavy atom. The number of hydrogen-bond acceptors (Lipinski definition) is 5. The van der Waals surface area contributed by atoms with Crippen LogP contribution in [0.5, 0.6) is 0 Å². The van der Waals surface area contributed by atoms with E-state index >= 15 is 0 Å². The summed E-state index contributed by atoms with van der Waals surface area (Å²) in [4.78, 5) is 17.4. The normalized spacial score (nSPS) is 17.8. The van der Waals surface area contributed by atoms with Crippen molar-refractivity contribution in [3.05, 3.63) is 36.3 Å². The van der Waals surface area contributed by atoms with Crippen molar-refractivity contribution >= 4 is 5.91 Å². The Kier molecular flexibility index (Phi) is 4.04. The number of carbonyl (C=O) groups excluding carboxylic acids is 1. The van der Waals surface area contributed by atoms with Crippen LogP contribution in [-0.4, -0.2) is 50.9 Å². The van der Waals surface area contributed by atoms with Crippen LogP contribution in [0.1, 0.15) is 23.3 Å². The number of rotatable bonds is 2. The van der Waals surface area contributed by atoms with E-state index in [1.807, 2.05) is 0 Å². The highest BCUT2D eigenvalue weighted by Crippen LogP contribution is 2.38. The third-order valence-electron chi connectivity index (χ3n) is 4.10. The molecule has 1 N–H and O–H groups in total. The van der Waals surface area contributed by atoms with E-state index < -0.39 is 30.5 Å². The molecule has 2 aromatic rings. The molecule has 9 heteroatoms. The number of amides is 1. The molecule has 1 amide bonds. The van der Waals surface area contributed by atoms with Crippen LogP contribution in [0.15, 0.2) is 35.1 Å². The van der Waals surface area contributed by atoms with Crippen LogP contribution >= 0.6 is 0 Å². The first-order valence-corrected chi connectivity index (χ1v) is 7.26. The second-order valence-electron chi connectivity index (χ2n) is 5.63. The van der Waals surface area contributed by atoms with E-state index in [9.17, 15) is 23.1 Å². The van der Waals surface area contributed by atoms with Crippen molar-refractivity contribution in [2.75, 3.05) is 13.1 Å². The molecule has 0 aliphatic carbocycles. The van der Waals surface area contributed by atoms with E-state index in [2.05, 4.69) is 10.1 Å². The fraction of sp³-hybridized carbons (Fsp3) is 0.400. The number of piperidine rings is 1. The first-order chi connectivity index (χ1) is 11.3. The maximum absolute atomic E-state index is 12.8. The molecular formula is C15H14F3N3O3. The average molecular weight is 341 g/mol. The number of aliphatic hydroxyl groups is 1. The van der Waals surface area contributed by atoms with Crippen LogP contribution in [0, 0.1) is 0 Å². The monoisotopic (exact) mass is 341 g/mol. The van der Waals surface area contributed by atoms with Gasteiger partial charge in [0, 0.05) is 50.0 Å². The molecular weight excluding hydrogens is 327 g/mol. The Balaban J connectivity index is 1.70. The quantitative estimate of drug-likeness (QED) is 0.906. The zero-order chi connectivity index (χ0) is 17.4. The van der Waals surface area contributed by atoms with Gasteiger partial charge in [-0.3, -0.25) is 9.78 Å². The van der Waals surface area contributed by atoms with E-state index in [1.165, 1.54) is 11.0 Å². The molecule has 6 nitrogen and oxygen atoms in total. The third kappa shape index (κ3) is 2.99. The Hall–Kier alpha value is -2.42. The highest BCUT2D eigenvalue weighted by molar-refractivity contribution is 5.93. The number of likely N-dealkylation sites (tertiary alicyclic amines) is 1. The van der Waals surface area contributed by atoms with Crippen molar-refractivity contribution in [2.24, 2.45) is 0 Å². The summed E-state index contributed by atoms with van der Waals surface area (Å²) >= 11 is 0.